The number of fused-ring (bicyclic) bond motifs is 1. The molecule has 4 rings (SSSR count). The topological polar surface area (TPSA) is 69.2 Å². The Morgan fingerprint density at radius 3 is 2.48 bits per heavy atom. The lowest BCUT2D eigenvalue weighted by Gasteiger charge is -2.30. The van der Waals surface area contributed by atoms with Crippen LogP contribution in [-0.4, -0.2) is 21.7 Å². The van der Waals surface area contributed by atoms with E-state index in [2.05, 4.69) is 18.2 Å². The van der Waals surface area contributed by atoms with Gasteiger partial charge in [-0.15, -0.1) is 0 Å². The van der Waals surface area contributed by atoms with Gasteiger partial charge < -0.3 is 14.6 Å². The summed E-state index contributed by atoms with van der Waals surface area (Å²) in [5.41, 5.74) is 3.08. The molecule has 21 heavy (non-hydrogen) atoms. The molecule has 4 nitrogen and oxygen atoms in total. The molecule has 1 heterocycles. The van der Waals surface area contributed by atoms with Crippen LogP contribution in [0.4, 0.5) is 0 Å². The van der Waals surface area contributed by atoms with Crippen molar-refractivity contribution in [3.8, 4) is 6.07 Å². The van der Waals surface area contributed by atoms with Crippen LogP contribution < -0.4 is 5.59 Å². The van der Waals surface area contributed by atoms with Gasteiger partial charge in [-0.2, -0.15) is 5.26 Å². The van der Waals surface area contributed by atoms with Gasteiger partial charge in [0, 0.05) is 16.9 Å². The normalized spacial score (nSPS) is 18.5. The highest BCUT2D eigenvalue weighted by atomic mass is 16.4. The van der Waals surface area contributed by atoms with Gasteiger partial charge in [0.1, 0.15) is 6.07 Å². The monoisotopic (exact) mass is 280 g/mol. The predicted molar refractivity (Wildman–Crippen MR) is 81.3 cm³/mol. The Morgan fingerprint density at radius 2 is 1.95 bits per heavy atom. The minimum Gasteiger partial charge on any atom is -0.422 e. The lowest BCUT2D eigenvalue weighted by Crippen LogP contribution is -2.41. The Hall–Kier alpha value is -1.77. The van der Waals surface area contributed by atoms with Crippen LogP contribution in [0.25, 0.3) is 10.9 Å². The molecule has 2 saturated carbocycles. The summed E-state index contributed by atoms with van der Waals surface area (Å²) in [6, 6.07) is 8.67. The molecule has 2 aromatic rings. The number of rotatable bonds is 3. The van der Waals surface area contributed by atoms with Gasteiger partial charge in [0.25, 0.3) is 0 Å². The van der Waals surface area contributed by atoms with Crippen molar-refractivity contribution in [2.45, 2.75) is 44.1 Å². The van der Waals surface area contributed by atoms with Gasteiger partial charge in [-0.05, 0) is 49.7 Å². The van der Waals surface area contributed by atoms with Crippen LogP contribution in [0.2, 0.25) is 0 Å². The van der Waals surface area contributed by atoms with E-state index >= 15 is 0 Å². The van der Waals surface area contributed by atoms with E-state index in [1.807, 2.05) is 10.6 Å². The Bertz CT molecular complexity index is 752. The average Bonchev–Trinajstić information content (AvgIpc) is 3.20. The lowest BCUT2D eigenvalue weighted by molar-refractivity contribution is 0.321. The Balaban J connectivity index is 2.01. The molecule has 0 bridgehead atoms. The van der Waals surface area contributed by atoms with Gasteiger partial charge >= 0.3 is 7.12 Å². The van der Waals surface area contributed by atoms with Crippen LogP contribution in [0.5, 0.6) is 0 Å². The molecule has 1 aromatic heterocycles. The fraction of sp³-hybridized carbons (Fsp3) is 0.438. The molecule has 0 saturated heterocycles. The second-order valence-electron chi connectivity index (χ2n) is 6.25. The summed E-state index contributed by atoms with van der Waals surface area (Å²) in [5, 5.41) is 29.8. The fourth-order valence-electron chi connectivity index (χ4n) is 3.43. The van der Waals surface area contributed by atoms with Crippen molar-refractivity contribution in [2.75, 3.05) is 0 Å². The highest BCUT2D eigenvalue weighted by molar-refractivity contribution is 6.59. The van der Waals surface area contributed by atoms with Gasteiger partial charge in [-0.1, -0.05) is 12.1 Å². The minimum absolute atomic E-state index is 0.292. The number of nitriles is 1. The number of hydrogen-bond acceptors (Lipinski definition) is 3. The van der Waals surface area contributed by atoms with Crippen LogP contribution in [0, 0.1) is 11.3 Å². The zero-order valence-corrected chi connectivity index (χ0v) is 11.8. The molecule has 0 unspecified atom stereocenters. The first-order valence-corrected chi connectivity index (χ1v) is 7.64. The molecule has 2 N–H and O–H groups in total. The lowest BCUT2D eigenvalue weighted by atomic mass is 9.81. The molecule has 2 aliphatic carbocycles. The minimum atomic E-state index is -1.60. The molecule has 0 aliphatic heterocycles. The maximum Gasteiger partial charge on any atom is 0.507 e. The first-order valence-electron chi connectivity index (χ1n) is 7.64. The van der Waals surface area contributed by atoms with Crippen LogP contribution >= 0.6 is 0 Å². The van der Waals surface area contributed by atoms with Crippen LogP contribution in [0.1, 0.15) is 55.2 Å². The third-order valence-corrected chi connectivity index (χ3v) is 4.91. The average molecular weight is 280 g/mol. The molecule has 0 spiro atoms. The van der Waals surface area contributed by atoms with Gasteiger partial charge in [0.2, 0.25) is 0 Å². The van der Waals surface area contributed by atoms with Crippen molar-refractivity contribution >= 4 is 23.6 Å². The quantitative estimate of drug-likeness (QED) is 0.842. The maximum absolute atomic E-state index is 9.76. The fourth-order valence-corrected chi connectivity index (χ4v) is 3.43. The summed E-state index contributed by atoms with van der Waals surface area (Å²) < 4.78 is 2.01. The Labute approximate surface area is 123 Å². The van der Waals surface area contributed by atoms with Crippen LogP contribution in [-0.2, 0) is 0 Å². The van der Waals surface area contributed by atoms with Crippen molar-refractivity contribution in [3.05, 3.63) is 29.3 Å². The molecule has 0 radical (unpaired) electrons. The molecular weight excluding hydrogens is 263 g/mol. The van der Waals surface area contributed by atoms with E-state index in [4.69, 9.17) is 0 Å². The van der Waals surface area contributed by atoms with E-state index in [0.717, 1.165) is 30.2 Å². The SMILES string of the molecule is N#Cc1c(B(O)O)n(C2CCC2)c2cc(C3CC3)ccc12. The molecule has 5 heteroatoms. The van der Waals surface area contributed by atoms with Gasteiger partial charge in [0.05, 0.1) is 11.2 Å². The van der Waals surface area contributed by atoms with Crippen molar-refractivity contribution in [3.63, 3.8) is 0 Å². The molecule has 106 valence electrons. The summed E-state index contributed by atoms with van der Waals surface area (Å²) in [4.78, 5) is 0. The van der Waals surface area contributed by atoms with Gasteiger partial charge in [-0.3, -0.25) is 0 Å². The Morgan fingerprint density at radius 1 is 1.19 bits per heavy atom. The van der Waals surface area contributed by atoms with Crippen molar-refractivity contribution in [1.82, 2.24) is 4.57 Å². The molecule has 1 aromatic carbocycles. The first-order chi connectivity index (χ1) is 10.2. The zero-order chi connectivity index (χ0) is 14.6. The highest BCUT2D eigenvalue weighted by Crippen LogP contribution is 2.42. The van der Waals surface area contributed by atoms with E-state index in [0.29, 0.717) is 23.1 Å². The second kappa shape index (κ2) is 4.62. The van der Waals surface area contributed by atoms with E-state index in [9.17, 15) is 15.3 Å². The van der Waals surface area contributed by atoms with E-state index in [1.165, 1.54) is 18.4 Å². The molecular formula is C16H17BN2O2. The summed E-state index contributed by atoms with van der Waals surface area (Å²) >= 11 is 0. The summed E-state index contributed by atoms with van der Waals surface area (Å²) in [6.07, 6.45) is 5.71. The summed E-state index contributed by atoms with van der Waals surface area (Å²) in [6.45, 7) is 0. The van der Waals surface area contributed by atoms with E-state index in [-0.39, 0.29) is 0 Å². The maximum atomic E-state index is 9.76. The summed E-state index contributed by atoms with van der Waals surface area (Å²) in [7, 11) is -1.60. The molecule has 2 fully saturated rings. The third kappa shape index (κ3) is 1.90. The molecule has 2 aliphatic rings. The van der Waals surface area contributed by atoms with Crippen molar-refractivity contribution in [1.29, 1.82) is 5.26 Å². The van der Waals surface area contributed by atoms with Crippen molar-refractivity contribution < 1.29 is 10.0 Å². The highest BCUT2D eigenvalue weighted by Gasteiger charge is 2.33. The van der Waals surface area contributed by atoms with Gasteiger partial charge in [-0.25, -0.2) is 0 Å². The molecule has 0 atom stereocenters. The third-order valence-electron chi connectivity index (χ3n) is 4.91. The first kappa shape index (κ1) is 12.9. The predicted octanol–water partition coefficient (Wildman–Crippen LogP) is 1.80. The van der Waals surface area contributed by atoms with Crippen molar-refractivity contribution in [2.24, 2.45) is 0 Å². The zero-order valence-electron chi connectivity index (χ0n) is 11.8. The smallest absolute Gasteiger partial charge is 0.422 e. The number of nitrogens with zero attached hydrogens (tertiary/aromatic N) is 2. The largest absolute Gasteiger partial charge is 0.507 e. The standard InChI is InChI=1S/C16H17BN2O2/c18-9-14-13-7-6-11(10-4-5-10)8-15(13)19(12-2-1-3-12)16(14)17(20)21/h6-8,10,12,20-21H,1-5H2. The molecule has 0 amide bonds. The van der Waals surface area contributed by atoms with Crippen LogP contribution in [0.3, 0.4) is 0 Å². The number of benzene rings is 1. The van der Waals surface area contributed by atoms with Crippen LogP contribution in [0.15, 0.2) is 18.2 Å². The van der Waals surface area contributed by atoms with E-state index < -0.39 is 7.12 Å². The number of hydrogen-bond donors (Lipinski definition) is 2. The summed E-state index contributed by atoms with van der Waals surface area (Å²) in [5.74, 6) is 0.646. The Kier molecular flexibility index (Phi) is 2.85. The second-order valence-corrected chi connectivity index (χ2v) is 6.25. The van der Waals surface area contributed by atoms with Gasteiger partial charge in [0.15, 0.2) is 0 Å². The van der Waals surface area contributed by atoms with E-state index in [1.54, 1.807) is 0 Å². The number of aromatic nitrogens is 1.